The van der Waals surface area contributed by atoms with Crippen molar-refractivity contribution in [2.75, 3.05) is 6.54 Å². The molecule has 3 heteroatoms. The predicted octanol–water partition coefficient (Wildman–Crippen LogP) is 1.31. The summed E-state index contributed by atoms with van der Waals surface area (Å²) in [5.74, 6) is 0.195. The Hall–Kier alpha value is -1.35. The molecule has 1 fully saturated rings. The van der Waals surface area contributed by atoms with Gasteiger partial charge in [0.2, 0.25) is 5.91 Å². The lowest BCUT2D eigenvalue weighted by Crippen LogP contribution is -2.46. The highest BCUT2D eigenvalue weighted by Gasteiger charge is 2.17. The Morgan fingerprint density at radius 1 is 1.29 bits per heavy atom. The summed E-state index contributed by atoms with van der Waals surface area (Å²) >= 11 is 0. The highest BCUT2D eigenvalue weighted by atomic mass is 16.2. The summed E-state index contributed by atoms with van der Waals surface area (Å²) in [5, 5.41) is 1.71. The minimum absolute atomic E-state index is 0.195. The Balaban J connectivity index is 2.00. The molecule has 0 unspecified atom stereocenters. The number of rotatable bonds is 2. The zero-order valence-electron chi connectivity index (χ0n) is 8.07. The molecule has 14 heavy (non-hydrogen) atoms. The van der Waals surface area contributed by atoms with Crippen molar-refractivity contribution in [3.63, 3.8) is 0 Å². The molecule has 0 radical (unpaired) electrons. The van der Waals surface area contributed by atoms with E-state index in [-0.39, 0.29) is 5.91 Å². The summed E-state index contributed by atoms with van der Waals surface area (Å²) in [5.41, 5.74) is 4.26. The van der Waals surface area contributed by atoms with Crippen LogP contribution < -0.4 is 5.43 Å². The van der Waals surface area contributed by atoms with Gasteiger partial charge in [0.15, 0.2) is 0 Å². The van der Waals surface area contributed by atoms with Crippen LogP contribution in [0.15, 0.2) is 30.3 Å². The van der Waals surface area contributed by atoms with Crippen LogP contribution in [0, 0.1) is 0 Å². The molecule has 74 valence electrons. The van der Waals surface area contributed by atoms with Crippen LogP contribution in [0.1, 0.15) is 18.4 Å². The molecule has 1 N–H and O–H groups in total. The predicted molar refractivity (Wildman–Crippen MR) is 54.2 cm³/mol. The van der Waals surface area contributed by atoms with E-state index in [2.05, 4.69) is 5.43 Å². The number of nitrogens with zero attached hydrogens (tertiary/aromatic N) is 1. The average molecular weight is 190 g/mol. The van der Waals surface area contributed by atoms with Crippen molar-refractivity contribution in [3.8, 4) is 0 Å². The van der Waals surface area contributed by atoms with Crippen molar-refractivity contribution in [2.24, 2.45) is 0 Å². The fourth-order valence-electron chi connectivity index (χ4n) is 1.59. The van der Waals surface area contributed by atoms with Crippen LogP contribution in [0.25, 0.3) is 0 Å². The standard InChI is InChI=1S/C11H14N2O/c14-11-7-4-8-12-13(11)9-10-5-2-1-3-6-10/h1-3,5-6,12H,4,7-9H2. The van der Waals surface area contributed by atoms with E-state index in [1.807, 2.05) is 30.3 Å². The molecule has 1 heterocycles. The summed E-state index contributed by atoms with van der Waals surface area (Å²) in [6.45, 7) is 1.57. The minimum Gasteiger partial charge on any atom is -0.274 e. The number of carbonyl (C=O) groups is 1. The van der Waals surface area contributed by atoms with Crippen molar-refractivity contribution in [3.05, 3.63) is 35.9 Å². The molecule has 0 bridgehead atoms. The fraction of sp³-hybridized carbons (Fsp3) is 0.364. The normalized spacial score (nSPS) is 17.1. The number of hydrazine groups is 1. The van der Waals surface area contributed by atoms with Gasteiger partial charge < -0.3 is 0 Å². The summed E-state index contributed by atoms with van der Waals surface area (Å²) < 4.78 is 0. The molecule has 2 rings (SSSR count). The van der Waals surface area contributed by atoms with E-state index >= 15 is 0 Å². The Bertz CT molecular complexity index is 310. The molecule has 1 aromatic rings. The fourth-order valence-corrected chi connectivity index (χ4v) is 1.59. The third-order valence-electron chi connectivity index (χ3n) is 2.35. The van der Waals surface area contributed by atoms with Crippen LogP contribution in [0.2, 0.25) is 0 Å². The van der Waals surface area contributed by atoms with Gasteiger partial charge in [-0.1, -0.05) is 30.3 Å². The number of nitrogens with one attached hydrogen (secondary N) is 1. The molecule has 0 spiro atoms. The Morgan fingerprint density at radius 3 is 2.79 bits per heavy atom. The lowest BCUT2D eigenvalue weighted by atomic mass is 10.2. The van der Waals surface area contributed by atoms with Crippen molar-refractivity contribution in [1.29, 1.82) is 0 Å². The van der Waals surface area contributed by atoms with Gasteiger partial charge in [0.1, 0.15) is 0 Å². The highest BCUT2D eigenvalue weighted by Crippen LogP contribution is 2.07. The van der Waals surface area contributed by atoms with Gasteiger partial charge in [0.25, 0.3) is 0 Å². The number of hydrogen-bond donors (Lipinski definition) is 1. The third kappa shape index (κ3) is 2.12. The maximum absolute atomic E-state index is 11.5. The third-order valence-corrected chi connectivity index (χ3v) is 2.35. The van der Waals surface area contributed by atoms with E-state index in [9.17, 15) is 4.79 Å². The van der Waals surface area contributed by atoms with Crippen LogP contribution in [-0.2, 0) is 11.3 Å². The maximum atomic E-state index is 11.5. The summed E-state index contributed by atoms with van der Waals surface area (Å²) in [7, 11) is 0. The van der Waals surface area contributed by atoms with Gasteiger partial charge in [-0.25, -0.2) is 5.43 Å². The Morgan fingerprint density at radius 2 is 2.07 bits per heavy atom. The van der Waals surface area contributed by atoms with Crippen molar-refractivity contribution >= 4 is 5.91 Å². The second-order valence-electron chi connectivity index (χ2n) is 3.48. The molecule has 1 amide bonds. The largest absolute Gasteiger partial charge is 0.274 e. The first-order valence-corrected chi connectivity index (χ1v) is 4.94. The average Bonchev–Trinajstić information content (AvgIpc) is 2.23. The minimum atomic E-state index is 0.195. The zero-order chi connectivity index (χ0) is 9.80. The molecule has 0 atom stereocenters. The number of hydrogen-bond acceptors (Lipinski definition) is 2. The van der Waals surface area contributed by atoms with Crippen LogP contribution in [-0.4, -0.2) is 17.5 Å². The van der Waals surface area contributed by atoms with Gasteiger partial charge in [0.05, 0.1) is 6.54 Å². The lowest BCUT2D eigenvalue weighted by molar-refractivity contribution is -0.137. The number of carbonyl (C=O) groups excluding carboxylic acids is 1. The van der Waals surface area contributed by atoms with E-state index in [0.29, 0.717) is 13.0 Å². The summed E-state index contributed by atoms with van der Waals surface area (Å²) in [4.78, 5) is 11.5. The molecule has 1 aromatic carbocycles. The van der Waals surface area contributed by atoms with Crippen molar-refractivity contribution in [2.45, 2.75) is 19.4 Å². The Labute approximate surface area is 83.7 Å². The summed E-state index contributed by atoms with van der Waals surface area (Å²) in [6, 6.07) is 10.0. The van der Waals surface area contributed by atoms with Gasteiger partial charge >= 0.3 is 0 Å². The second-order valence-corrected chi connectivity index (χ2v) is 3.48. The SMILES string of the molecule is O=C1CCCNN1Cc1ccccc1. The van der Waals surface area contributed by atoms with Crippen molar-refractivity contribution in [1.82, 2.24) is 10.4 Å². The molecule has 1 aliphatic heterocycles. The van der Waals surface area contributed by atoms with Crippen LogP contribution in [0.3, 0.4) is 0 Å². The second kappa shape index (κ2) is 4.24. The van der Waals surface area contributed by atoms with Gasteiger partial charge in [-0.15, -0.1) is 0 Å². The maximum Gasteiger partial charge on any atom is 0.237 e. The first-order chi connectivity index (χ1) is 6.86. The smallest absolute Gasteiger partial charge is 0.237 e. The molecular weight excluding hydrogens is 176 g/mol. The highest BCUT2D eigenvalue weighted by molar-refractivity contribution is 5.76. The van der Waals surface area contributed by atoms with Crippen molar-refractivity contribution < 1.29 is 4.79 Å². The molecule has 0 aliphatic carbocycles. The van der Waals surface area contributed by atoms with Gasteiger partial charge in [-0.05, 0) is 12.0 Å². The molecule has 3 nitrogen and oxygen atoms in total. The first-order valence-electron chi connectivity index (χ1n) is 4.94. The van der Waals surface area contributed by atoms with Crippen LogP contribution >= 0.6 is 0 Å². The topological polar surface area (TPSA) is 32.3 Å². The van der Waals surface area contributed by atoms with Gasteiger partial charge in [0, 0.05) is 13.0 Å². The zero-order valence-corrected chi connectivity index (χ0v) is 8.07. The first kappa shape index (κ1) is 9.21. The van der Waals surface area contributed by atoms with Crippen LogP contribution in [0.4, 0.5) is 0 Å². The molecule has 0 aromatic heterocycles. The van der Waals surface area contributed by atoms with E-state index in [1.165, 1.54) is 0 Å². The van der Waals surface area contributed by atoms with E-state index in [0.717, 1.165) is 18.5 Å². The number of amides is 1. The quantitative estimate of drug-likeness (QED) is 0.762. The molecular formula is C11H14N2O. The molecule has 1 saturated heterocycles. The van der Waals surface area contributed by atoms with Gasteiger partial charge in [-0.2, -0.15) is 0 Å². The monoisotopic (exact) mass is 190 g/mol. The number of benzene rings is 1. The van der Waals surface area contributed by atoms with E-state index in [1.54, 1.807) is 5.01 Å². The van der Waals surface area contributed by atoms with Gasteiger partial charge in [-0.3, -0.25) is 9.80 Å². The lowest BCUT2D eigenvalue weighted by Gasteiger charge is -2.27. The van der Waals surface area contributed by atoms with E-state index in [4.69, 9.17) is 0 Å². The van der Waals surface area contributed by atoms with Crippen LogP contribution in [0.5, 0.6) is 0 Å². The molecule has 1 aliphatic rings. The molecule has 0 saturated carbocycles. The van der Waals surface area contributed by atoms with E-state index < -0.39 is 0 Å². The summed E-state index contributed by atoms with van der Waals surface area (Å²) in [6.07, 6.45) is 1.62. The Kier molecular flexibility index (Phi) is 2.79.